The first-order valence-electron chi connectivity index (χ1n) is 6.67. The lowest BCUT2D eigenvalue weighted by atomic mass is 9.92. The van der Waals surface area contributed by atoms with Crippen molar-refractivity contribution in [2.45, 2.75) is 25.3 Å². The van der Waals surface area contributed by atoms with Crippen molar-refractivity contribution in [3.8, 4) is 11.4 Å². The Bertz CT molecular complexity index is 643. The molecule has 5 heteroatoms. The Labute approximate surface area is 116 Å². The van der Waals surface area contributed by atoms with Gasteiger partial charge in [-0.1, -0.05) is 0 Å². The van der Waals surface area contributed by atoms with Crippen molar-refractivity contribution >= 4 is 0 Å². The van der Waals surface area contributed by atoms with E-state index in [-0.39, 0.29) is 6.04 Å². The van der Waals surface area contributed by atoms with Crippen LogP contribution >= 0.6 is 0 Å². The summed E-state index contributed by atoms with van der Waals surface area (Å²) in [4.78, 5) is 8.80. The molecule has 1 unspecified atom stereocenters. The lowest BCUT2D eigenvalue weighted by Gasteiger charge is -2.24. The third kappa shape index (κ3) is 2.29. The molecular weight excluding hydrogens is 260 g/mol. The van der Waals surface area contributed by atoms with Gasteiger partial charge in [0.2, 0.25) is 0 Å². The Balaban J connectivity index is 2.01. The number of benzene rings is 1. The number of nitrogens with zero attached hydrogens (tertiary/aromatic N) is 2. The normalized spacial score (nSPS) is 17.9. The van der Waals surface area contributed by atoms with Gasteiger partial charge in [0.25, 0.3) is 0 Å². The molecular formula is C15H15F2N3. The molecule has 0 radical (unpaired) electrons. The first-order chi connectivity index (χ1) is 9.69. The van der Waals surface area contributed by atoms with Crippen LogP contribution in [0.15, 0.2) is 24.4 Å². The van der Waals surface area contributed by atoms with Crippen LogP contribution in [0.2, 0.25) is 0 Å². The molecule has 1 atom stereocenters. The zero-order valence-corrected chi connectivity index (χ0v) is 11.2. The van der Waals surface area contributed by atoms with Gasteiger partial charge in [-0.05, 0) is 44.5 Å². The minimum atomic E-state index is -0.878. The minimum absolute atomic E-state index is 0.276. The molecule has 0 fully saturated rings. The second-order valence-electron chi connectivity index (χ2n) is 4.96. The number of fused-ring (bicyclic) bond motifs is 1. The smallest absolute Gasteiger partial charge is 0.159 e. The zero-order valence-electron chi connectivity index (χ0n) is 11.2. The number of halogens is 2. The van der Waals surface area contributed by atoms with Gasteiger partial charge in [-0.25, -0.2) is 18.7 Å². The maximum Gasteiger partial charge on any atom is 0.159 e. The fourth-order valence-corrected chi connectivity index (χ4v) is 2.62. The molecule has 20 heavy (non-hydrogen) atoms. The van der Waals surface area contributed by atoms with Crippen molar-refractivity contribution in [2.75, 3.05) is 7.05 Å². The molecule has 0 saturated carbocycles. The molecule has 1 aliphatic rings. The molecule has 0 amide bonds. The molecule has 3 nitrogen and oxygen atoms in total. The first kappa shape index (κ1) is 13.1. The van der Waals surface area contributed by atoms with Crippen LogP contribution in [0.5, 0.6) is 0 Å². The van der Waals surface area contributed by atoms with Crippen LogP contribution in [0.4, 0.5) is 8.78 Å². The van der Waals surface area contributed by atoms with Crippen LogP contribution in [-0.2, 0) is 6.42 Å². The van der Waals surface area contributed by atoms with E-state index < -0.39 is 11.6 Å². The van der Waals surface area contributed by atoms with Crippen molar-refractivity contribution in [2.24, 2.45) is 0 Å². The van der Waals surface area contributed by atoms with Gasteiger partial charge in [-0.15, -0.1) is 0 Å². The first-order valence-corrected chi connectivity index (χ1v) is 6.67. The van der Waals surface area contributed by atoms with Crippen molar-refractivity contribution in [1.82, 2.24) is 15.3 Å². The highest BCUT2D eigenvalue weighted by molar-refractivity contribution is 5.55. The molecule has 0 saturated heterocycles. The van der Waals surface area contributed by atoms with E-state index in [2.05, 4.69) is 15.3 Å². The van der Waals surface area contributed by atoms with Gasteiger partial charge in [-0.2, -0.15) is 0 Å². The van der Waals surface area contributed by atoms with E-state index >= 15 is 0 Å². The third-order valence-corrected chi connectivity index (χ3v) is 3.71. The molecule has 0 aliphatic heterocycles. The topological polar surface area (TPSA) is 37.8 Å². The summed E-state index contributed by atoms with van der Waals surface area (Å²) in [6.07, 6.45) is 4.82. The van der Waals surface area contributed by atoms with E-state index in [0.717, 1.165) is 42.7 Å². The van der Waals surface area contributed by atoms with Gasteiger partial charge in [0.05, 0.1) is 0 Å². The Morgan fingerprint density at radius 3 is 2.85 bits per heavy atom. The maximum atomic E-state index is 13.3. The standard InChI is InChI=1S/C15H15F2N3/c1-18-13-3-2-4-14-10(13)8-19-15(20-14)9-5-6-11(16)12(17)7-9/h5-8,13,18H,2-4H2,1H3. The number of aryl methyl sites for hydroxylation is 1. The van der Waals surface area contributed by atoms with Gasteiger partial charge < -0.3 is 5.32 Å². The van der Waals surface area contributed by atoms with E-state index in [1.54, 1.807) is 6.20 Å². The summed E-state index contributed by atoms with van der Waals surface area (Å²) >= 11 is 0. The number of aromatic nitrogens is 2. The van der Waals surface area contributed by atoms with E-state index in [9.17, 15) is 8.78 Å². The molecule has 2 aromatic rings. The predicted molar refractivity (Wildman–Crippen MR) is 72.1 cm³/mol. The van der Waals surface area contributed by atoms with Crippen molar-refractivity contribution < 1.29 is 8.78 Å². The Kier molecular flexibility index (Phi) is 3.44. The van der Waals surface area contributed by atoms with Crippen molar-refractivity contribution in [1.29, 1.82) is 0 Å². The van der Waals surface area contributed by atoms with Crippen LogP contribution in [-0.4, -0.2) is 17.0 Å². The molecule has 1 heterocycles. The van der Waals surface area contributed by atoms with Crippen molar-refractivity contribution in [3.63, 3.8) is 0 Å². The number of hydrogen-bond donors (Lipinski definition) is 1. The molecule has 1 aromatic carbocycles. The SMILES string of the molecule is CNC1CCCc2nc(-c3ccc(F)c(F)c3)ncc21. The van der Waals surface area contributed by atoms with Crippen LogP contribution < -0.4 is 5.32 Å². The summed E-state index contributed by atoms with van der Waals surface area (Å²) in [6.45, 7) is 0. The van der Waals surface area contributed by atoms with E-state index in [1.165, 1.54) is 6.07 Å². The lowest BCUT2D eigenvalue weighted by Crippen LogP contribution is -2.22. The average molecular weight is 275 g/mol. The second-order valence-corrected chi connectivity index (χ2v) is 4.96. The largest absolute Gasteiger partial charge is 0.313 e. The number of rotatable bonds is 2. The fraction of sp³-hybridized carbons (Fsp3) is 0.333. The van der Waals surface area contributed by atoms with Gasteiger partial charge in [0.1, 0.15) is 0 Å². The molecule has 0 bridgehead atoms. The quantitative estimate of drug-likeness (QED) is 0.915. The summed E-state index contributed by atoms with van der Waals surface area (Å²) in [7, 11) is 1.92. The van der Waals surface area contributed by atoms with Crippen LogP contribution in [0, 0.1) is 11.6 Å². The van der Waals surface area contributed by atoms with Crippen LogP contribution in [0.1, 0.15) is 30.1 Å². The summed E-state index contributed by atoms with van der Waals surface area (Å²) in [5.74, 6) is -1.29. The molecule has 1 N–H and O–H groups in total. The predicted octanol–water partition coefficient (Wildman–Crippen LogP) is 3.02. The Morgan fingerprint density at radius 2 is 2.10 bits per heavy atom. The monoisotopic (exact) mass is 275 g/mol. The molecule has 0 spiro atoms. The van der Waals surface area contributed by atoms with Gasteiger partial charge >= 0.3 is 0 Å². The second kappa shape index (κ2) is 5.25. The van der Waals surface area contributed by atoms with Gasteiger partial charge in [0.15, 0.2) is 17.5 Å². The third-order valence-electron chi connectivity index (χ3n) is 3.71. The fourth-order valence-electron chi connectivity index (χ4n) is 2.62. The van der Waals surface area contributed by atoms with E-state index in [0.29, 0.717) is 11.4 Å². The maximum absolute atomic E-state index is 13.3. The zero-order chi connectivity index (χ0) is 14.1. The van der Waals surface area contributed by atoms with Crippen molar-refractivity contribution in [3.05, 3.63) is 47.3 Å². The number of nitrogens with one attached hydrogen (secondary N) is 1. The highest BCUT2D eigenvalue weighted by atomic mass is 19.2. The average Bonchev–Trinajstić information content (AvgIpc) is 2.48. The highest BCUT2D eigenvalue weighted by Gasteiger charge is 2.21. The van der Waals surface area contributed by atoms with Crippen LogP contribution in [0.25, 0.3) is 11.4 Å². The Hall–Kier alpha value is -1.88. The summed E-state index contributed by atoms with van der Waals surface area (Å²) in [6, 6.07) is 4.01. The van der Waals surface area contributed by atoms with E-state index in [4.69, 9.17) is 0 Å². The van der Waals surface area contributed by atoms with E-state index in [1.807, 2.05) is 7.05 Å². The molecule has 1 aromatic heterocycles. The Morgan fingerprint density at radius 1 is 1.25 bits per heavy atom. The summed E-state index contributed by atoms with van der Waals surface area (Å²) in [5.41, 5.74) is 2.59. The summed E-state index contributed by atoms with van der Waals surface area (Å²) < 4.78 is 26.2. The molecule has 1 aliphatic carbocycles. The van der Waals surface area contributed by atoms with Gasteiger partial charge in [0, 0.05) is 29.1 Å². The summed E-state index contributed by atoms with van der Waals surface area (Å²) in [5, 5.41) is 3.25. The molecule has 3 rings (SSSR count). The minimum Gasteiger partial charge on any atom is -0.313 e. The van der Waals surface area contributed by atoms with Gasteiger partial charge in [-0.3, -0.25) is 0 Å². The lowest BCUT2D eigenvalue weighted by molar-refractivity contribution is 0.487. The molecule has 104 valence electrons. The van der Waals surface area contributed by atoms with Crippen LogP contribution in [0.3, 0.4) is 0 Å². The highest BCUT2D eigenvalue weighted by Crippen LogP contribution is 2.29. The number of hydrogen-bond acceptors (Lipinski definition) is 3.